The highest BCUT2D eigenvalue weighted by Crippen LogP contribution is 2.23. The van der Waals surface area contributed by atoms with Crippen LogP contribution in [0.15, 0.2) is 27.6 Å². The third-order valence-electron chi connectivity index (χ3n) is 3.43. The van der Waals surface area contributed by atoms with Crippen molar-refractivity contribution in [2.45, 2.75) is 11.8 Å². The average molecular weight is 397 g/mol. The molecule has 1 fully saturated rings. The van der Waals surface area contributed by atoms with Gasteiger partial charge in [0.2, 0.25) is 20.0 Å². The first-order valence-electron chi connectivity index (χ1n) is 6.34. The topological polar surface area (TPSA) is 74.8 Å². The standard InChI is InChI=1S/C12H17BrN2O4S2/c1-10-9-11(3-4-12(10)13)21(18,19)15-7-5-14(6-8-15)20(2,16)17/h3-4,9H,5-8H2,1-2H3. The molecule has 0 radical (unpaired) electrons. The van der Waals surface area contributed by atoms with Crippen molar-refractivity contribution in [1.29, 1.82) is 0 Å². The molecule has 0 bridgehead atoms. The molecule has 1 aliphatic heterocycles. The molecule has 1 aromatic carbocycles. The molecule has 2 rings (SSSR count). The van der Waals surface area contributed by atoms with E-state index < -0.39 is 20.0 Å². The van der Waals surface area contributed by atoms with E-state index >= 15 is 0 Å². The molecule has 0 unspecified atom stereocenters. The van der Waals surface area contributed by atoms with Crippen LogP contribution in [0.2, 0.25) is 0 Å². The molecule has 1 heterocycles. The van der Waals surface area contributed by atoms with Crippen LogP contribution in [0.25, 0.3) is 0 Å². The highest BCUT2D eigenvalue weighted by atomic mass is 79.9. The maximum atomic E-state index is 12.5. The lowest BCUT2D eigenvalue weighted by Gasteiger charge is -2.32. The summed E-state index contributed by atoms with van der Waals surface area (Å²) >= 11 is 3.34. The largest absolute Gasteiger partial charge is 0.243 e. The van der Waals surface area contributed by atoms with Gasteiger partial charge in [-0.3, -0.25) is 0 Å². The molecule has 118 valence electrons. The molecule has 1 aromatic rings. The number of rotatable bonds is 3. The number of aryl methyl sites for hydroxylation is 1. The Labute approximate surface area is 134 Å². The van der Waals surface area contributed by atoms with Gasteiger partial charge in [-0.15, -0.1) is 0 Å². The zero-order valence-electron chi connectivity index (χ0n) is 11.8. The number of nitrogens with zero attached hydrogens (tertiary/aromatic N) is 2. The fourth-order valence-electron chi connectivity index (χ4n) is 2.17. The summed E-state index contributed by atoms with van der Waals surface area (Å²) in [5, 5.41) is 0. The summed E-state index contributed by atoms with van der Waals surface area (Å²) in [7, 11) is -6.85. The van der Waals surface area contributed by atoms with Gasteiger partial charge in [0, 0.05) is 30.7 Å². The van der Waals surface area contributed by atoms with E-state index in [1.807, 2.05) is 6.92 Å². The van der Waals surface area contributed by atoms with Crippen LogP contribution in [0, 0.1) is 6.92 Å². The number of benzene rings is 1. The van der Waals surface area contributed by atoms with Crippen LogP contribution in [0.5, 0.6) is 0 Å². The van der Waals surface area contributed by atoms with Crippen molar-refractivity contribution >= 4 is 36.0 Å². The normalized spacial score (nSPS) is 18.8. The molecule has 1 saturated heterocycles. The fraction of sp³-hybridized carbons (Fsp3) is 0.500. The quantitative estimate of drug-likeness (QED) is 0.764. The lowest BCUT2D eigenvalue weighted by Crippen LogP contribution is -2.50. The molecular weight excluding hydrogens is 380 g/mol. The summed E-state index contributed by atoms with van der Waals surface area (Å²) in [4.78, 5) is 0.232. The molecule has 21 heavy (non-hydrogen) atoms. The first-order chi connectivity index (χ1) is 9.62. The van der Waals surface area contributed by atoms with Gasteiger partial charge in [-0.1, -0.05) is 15.9 Å². The van der Waals surface area contributed by atoms with Crippen molar-refractivity contribution in [3.05, 3.63) is 28.2 Å². The van der Waals surface area contributed by atoms with E-state index in [-0.39, 0.29) is 31.1 Å². The Morgan fingerprint density at radius 1 is 1.00 bits per heavy atom. The lowest BCUT2D eigenvalue weighted by molar-refractivity contribution is 0.274. The third-order valence-corrected chi connectivity index (χ3v) is 7.52. The number of hydrogen-bond donors (Lipinski definition) is 0. The fourth-order valence-corrected chi connectivity index (χ4v) is 4.75. The van der Waals surface area contributed by atoms with Gasteiger partial charge < -0.3 is 0 Å². The van der Waals surface area contributed by atoms with Gasteiger partial charge in [0.05, 0.1) is 11.2 Å². The van der Waals surface area contributed by atoms with Gasteiger partial charge in [0.1, 0.15) is 0 Å². The van der Waals surface area contributed by atoms with Crippen molar-refractivity contribution in [3.63, 3.8) is 0 Å². The van der Waals surface area contributed by atoms with E-state index in [2.05, 4.69) is 15.9 Å². The van der Waals surface area contributed by atoms with Gasteiger partial charge in [-0.2, -0.15) is 8.61 Å². The van der Waals surface area contributed by atoms with E-state index in [9.17, 15) is 16.8 Å². The molecular formula is C12H17BrN2O4S2. The number of hydrogen-bond acceptors (Lipinski definition) is 4. The highest BCUT2D eigenvalue weighted by molar-refractivity contribution is 9.10. The Morgan fingerprint density at radius 2 is 1.52 bits per heavy atom. The molecule has 0 saturated carbocycles. The second-order valence-electron chi connectivity index (χ2n) is 4.98. The molecule has 0 atom stereocenters. The third kappa shape index (κ3) is 3.65. The maximum absolute atomic E-state index is 12.5. The van der Waals surface area contributed by atoms with Crippen molar-refractivity contribution in [1.82, 2.24) is 8.61 Å². The first-order valence-corrected chi connectivity index (χ1v) is 10.4. The Hall–Kier alpha value is -0.480. The zero-order valence-corrected chi connectivity index (χ0v) is 15.0. The van der Waals surface area contributed by atoms with Gasteiger partial charge in [0.15, 0.2) is 0 Å². The lowest BCUT2D eigenvalue weighted by atomic mass is 10.2. The van der Waals surface area contributed by atoms with E-state index in [4.69, 9.17) is 0 Å². The van der Waals surface area contributed by atoms with Crippen molar-refractivity contribution in [2.24, 2.45) is 0 Å². The first kappa shape index (κ1) is 16.9. The van der Waals surface area contributed by atoms with Gasteiger partial charge >= 0.3 is 0 Å². The van der Waals surface area contributed by atoms with E-state index in [1.165, 1.54) is 8.61 Å². The summed E-state index contributed by atoms with van der Waals surface area (Å²) in [5.41, 5.74) is 0.839. The molecule has 6 nitrogen and oxygen atoms in total. The highest BCUT2D eigenvalue weighted by Gasteiger charge is 2.31. The van der Waals surface area contributed by atoms with Crippen LogP contribution in [0.4, 0.5) is 0 Å². The van der Waals surface area contributed by atoms with Gasteiger partial charge in [-0.05, 0) is 30.7 Å². The average Bonchev–Trinajstić information content (AvgIpc) is 2.41. The second kappa shape index (κ2) is 5.96. The summed E-state index contributed by atoms with van der Waals surface area (Å²) < 4.78 is 51.5. The Bertz CT molecular complexity index is 739. The Kier molecular flexibility index (Phi) is 4.79. The van der Waals surface area contributed by atoms with Crippen LogP contribution < -0.4 is 0 Å². The maximum Gasteiger partial charge on any atom is 0.243 e. The van der Waals surface area contributed by atoms with Crippen LogP contribution in [0.1, 0.15) is 5.56 Å². The van der Waals surface area contributed by atoms with E-state index in [0.717, 1.165) is 16.3 Å². The Morgan fingerprint density at radius 3 is 2.00 bits per heavy atom. The molecule has 0 aromatic heterocycles. The number of halogens is 1. The minimum Gasteiger partial charge on any atom is -0.213 e. The summed E-state index contributed by atoms with van der Waals surface area (Å²) in [6.07, 6.45) is 1.13. The predicted octanol–water partition coefficient (Wildman–Crippen LogP) is 1.02. The Balaban J connectivity index is 2.20. The summed E-state index contributed by atoms with van der Waals surface area (Å²) in [6, 6.07) is 4.87. The molecule has 0 aliphatic carbocycles. The molecule has 1 aliphatic rings. The van der Waals surface area contributed by atoms with Crippen LogP contribution in [-0.2, 0) is 20.0 Å². The van der Waals surface area contributed by atoms with Crippen LogP contribution in [0.3, 0.4) is 0 Å². The van der Waals surface area contributed by atoms with Crippen molar-refractivity contribution < 1.29 is 16.8 Å². The van der Waals surface area contributed by atoms with Crippen molar-refractivity contribution in [3.8, 4) is 0 Å². The molecule has 0 N–H and O–H groups in total. The SMILES string of the molecule is Cc1cc(S(=O)(=O)N2CCN(S(C)(=O)=O)CC2)ccc1Br. The monoisotopic (exact) mass is 396 g/mol. The van der Waals surface area contributed by atoms with Gasteiger partial charge in [-0.25, -0.2) is 16.8 Å². The van der Waals surface area contributed by atoms with Crippen LogP contribution in [-0.4, -0.2) is 57.9 Å². The van der Waals surface area contributed by atoms with Gasteiger partial charge in [0.25, 0.3) is 0 Å². The molecule has 0 amide bonds. The minimum atomic E-state index is -3.58. The van der Waals surface area contributed by atoms with Crippen molar-refractivity contribution in [2.75, 3.05) is 32.4 Å². The van der Waals surface area contributed by atoms with E-state index in [1.54, 1.807) is 18.2 Å². The zero-order chi connectivity index (χ0) is 15.8. The predicted molar refractivity (Wildman–Crippen MR) is 84.1 cm³/mol. The minimum absolute atomic E-state index is 0.171. The molecule has 0 spiro atoms. The molecule has 9 heteroatoms. The van der Waals surface area contributed by atoms with Crippen LogP contribution >= 0.6 is 15.9 Å². The van der Waals surface area contributed by atoms with E-state index in [0.29, 0.717) is 0 Å². The summed E-state index contributed by atoms with van der Waals surface area (Å²) in [6.45, 7) is 2.54. The smallest absolute Gasteiger partial charge is 0.213 e. The number of piperazine rings is 1. The number of sulfonamides is 2. The second-order valence-corrected chi connectivity index (χ2v) is 9.75. The summed E-state index contributed by atoms with van der Waals surface area (Å²) in [5.74, 6) is 0.